The van der Waals surface area contributed by atoms with Gasteiger partial charge < -0.3 is 9.64 Å². The number of nitrogens with zero attached hydrogens (tertiary/aromatic N) is 5. The van der Waals surface area contributed by atoms with E-state index in [1.165, 1.54) is 0 Å². The minimum absolute atomic E-state index is 0.173. The summed E-state index contributed by atoms with van der Waals surface area (Å²) in [6, 6.07) is 27.0. The molecule has 2 saturated heterocycles. The van der Waals surface area contributed by atoms with Crippen molar-refractivity contribution in [1.29, 1.82) is 0 Å². The second kappa shape index (κ2) is 10.2. The zero-order valence-electron chi connectivity index (χ0n) is 24.0. The number of piperazine rings is 1. The fraction of sp³-hybridized carbons (Fsp3) is 0.235. The van der Waals surface area contributed by atoms with Gasteiger partial charge in [0.15, 0.2) is 0 Å². The second-order valence-electron chi connectivity index (χ2n) is 11.6. The average Bonchev–Trinajstić information content (AvgIpc) is 3.77. The van der Waals surface area contributed by atoms with Gasteiger partial charge in [-0.15, -0.1) is 0 Å². The number of pyridine rings is 2. The third-order valence-corrected chi connectivity index (χ3v) is 11.5. The lowest BCUT2D eigenvalue weighted by Gasteiger charge is -2.47. The molecule has 10 heteroatoms. The highest BCUT2D eigenvalue weighted by Crippen LogP contribution is 2.55. The van der Waals surface area contributed by atoms with Crippen molar-refractivity contribution in [1.82, 2.24) is 14.9 Å². The number of fused-ring (bicyclic) bond motifs is 4. The zero-order chi connectivity index (χ0) is 30.1. The fourth-order valence-electron chi connectivity index (χ4n) is 7.66. The van der Waals surface area contributed by atoms with Crippen LogP contribution in [0.3, 0.4) is 0 Å². The van der Waals surface area contributed by atoms with Crippen LogP contribution in [0.25, 0.3) is 10.9 Å². The number of halogens is 1. The van der Waals surface area contributed by atoms with Crippen molar-refractivity contribution < 1.29 is 13.2 Å². The maximum Gasteiger partial charge on any atom is 0.266 e. The van der Waals surface area contributed by atoms with Gasteiger partial charge in [0.1, 0.15) is 10.6 Å². The molecule has 2 fully saturated rings. The van der Waals surface area contributed by atoms with Crippen molar-refractivity contribution >= 4 is 43.9 Å². The Morgan fingerprint density at radius 1 is 0.886 bits per heavy atom. The van der Waals surface area contributed by atoms with Crippen LogP contribution in [0.2, 0.25) is 5.02 Å². The summed E-state index contributed by atoms with van der Waals surface area (Å²) in [6.45, 7) is 1.75. The molecular weight excluding hydrogens is 594 g/mol. The number of likely N-dealkylation sites (tertiary alicyclic amines) is 1. The Hall–Kier alpha value is -4.18. The van der Waals surface area contributed by atoms with Crippen LogP contribution in [0.4, 0.5) is 11.4 Å². The lowest BCUT2D eigenvalue weighted by molar-refractivity contribution is 0.110. The molecule has 3 atom stereocenters. The van der Waals surface area contributed by atoms with E-state index >= 15 is 0 Å². The summed E-state index contributed by atoms with van der Waals surface area (Å²) in [4.78, 5) is 13.8. The normalized spacial score (nSPS) is 23.0. The van der Waals surface area contributed by atoms with Gasteiger partial charge in [0.05, 0.1) is 30.4 Å². The number of aromatic nitrogens is 2. The molecule has 222 valence electrons. The highest BCUT2D eigenvalue weighted by Gasteiger charge is 2.59. The number of sulfonamides is 1. The Morgan fingerprint density at radius 2 is 1.70 bits per heavy atom. The third kappa shape index (κ3) is 3.96. The monoisotopic (exact) mass is 623 g/mol. The van der Waals surface area contributed by atoms with Gasteiger partial charge >= 0.3 is 0 Å². The highest BCUT2D eigenvalue weighted by molar-refractivity contribution is 7.93. The van der Waals surface area contributed by atoms with E-state index in [1.807, 2.05) is 60.9 Å². The smallest absolute Gasteiger partial charge is 0.266 e. The van der Waals surface area contributed by atoms with Gasteiger partial charge in [0.2, 0.25) is 0 Å². The van der Waals surface area contributed by atoms with Crippen LogP contribution < -0.4 is 13.9 Å². The molecule has 8 rings (SSSR count). The van der Waals surface area contributed by atoms with E-state index in [0.717, 1.165) is 41.7 Å². The van der Waals surface area contributed by atoms with Crippen molar-refractivity contribution in [3.63, 3.8) is 0 Å². The first-order valence-electron chi connectivity index (χ1n) is 14.7. The Morgan fingerprint density at radius 3 is 2.50 bits per heavy atom. The van der Waals surface area contributed by atoms with Gasteiger partial charge in [-0.1, -0.05) is 48.0 Å². The van der Waals surface area contributed by atoms with Gasteiger partial charge in [-0.05, 0) is 55.0 Å². The quantitative estimate of drug-likeness (QED) is 0.240. The van der Waals surface area contributed by atoms with Crippen LogP contribution >= 0.6 is 11.6 Å². The minimum Gasteiger partial charge on any atom is -0.496 e. The van der Waals surface area contributed by atoms with Gasteiger partial charge in [0.25, 0.3) is 10.0 Å². The zero-order valence-corrected chi connectivity index (χ0v) is 25.6. The summed E-state index contributed by atoms with van der Waals surface area (Å²) >= 11 is 6.72. The topological polar surface area (TPSA) is 78.9 Å². The summed E-state index contributed by atoms with van der Waals surface area (Å²) in [6.07, 6.45) is 6.26. The van der Waals surface area contributed by atoms with Crippen LogP contribution in [0, 0.1) is 0 Å². The summed E-state index contributed by atoms with van der Waals surface area (Å²) < 4.78 is 37.1. The van der Waals surface area contributed by atoms with E-state index in [0.29, 0.717) is 22.0 Å². The van der Waals surface area contributed by atoms with Crippen molar-refractivity contribution in [2.45, 2.75) is 28.9 Å². The SMILES string of the molecule is COc1ccccc1C1(N2C[C@@H]3C[C@H]2CN3c2ccncc2)CN(S(=O)(=O)c2cccc3cccnc23)c2ccc(Cl)cc21. The molecule has 44 heavy (non-hydrogen) atoms. The molecule has 2 bridgehead atoms. The Kier molecular flexibility index (Phi) is 6.34. The van der Waals surface area contributed by atoms with Gasteiger partial charge in [-0.25, -0.2) is 8.42 Å². The Bertz CT molecular complexity index is 2000. The number of para-hydroxylation sites is 2. The van der Waals surface area contributed by atoms with Gasteiger partial charge in [0, 0.05) is 71.0 Å². The molecule has 0 spiro atoms. The van der Waals surface area contributed by atoms with E-state index < -0.39 is 15.6 Å². The van der Waals surface area contributed by atoms with E-state index in [1.54, 1.807) is 35.8 Å². The molecule has 5 aromatic rings. The number of methoxy groups -OCH3 is 1. The summed E-state index contributed by atoms with van der Waals surface area (Å²) in [7, 11) is -2.38. The summed E-state index contributed by atoms with van der Waals surface area (Å²) in [5.41, 5.74) is 3.15. The third-order valence-electron chi connectivity index (χ3n) is 9.49. The van der Waals surface area contributed by atoms with Crippen LogP contribution in [-0.4, -0.2) is 62.1 Å². The number of rotatable bonds is 6. The van der Waals surface area contributed by atoms with Crippen molar-refractivity contribution in [2.24, 2.45) is 0 Å². The number of hydrogen-bond donors (Lipinski definition) is 0. The van der Waals surface area contributed by atoms with Gasteiger partial charge in [-0.2, -0.15) is 0 Å². The number of ether oxygens (including phenoxy) is 1. The summed E-state index contributed by atoms with van der Waals surface area (Å²) in [5, 5.41) is 1.32. The molecule has 3 aromatic carbocycles. The first-order valence-corrected chi connectivity index (χ1v) is 16.5. The predicted octanol–water partition coefficient (Wildman–Crippen LogP) is 5.71. The molecule has 1 unspecified atom stereocenters. The number of hydrogen-bond acceptors (Lipinski definition) is 7. The highest BCUT2D eigenvalue weighted by atomic mass is 35.5. The molecule has 0 saturated carbocycles. The molecule has 0 aliphatic carbocycles. The van der Waals surface area contributed by atoms with E-state index in [4.69, 9.17) is 16.3 Å². The van der Waals surface area contributed by atoms with Crippen LogP contribution in [-0.2, 0) is 15.6 Å². The van der Waals surface area contributed by atoms with E-state index in [2.05, 4.69) is 38.0 Å². The molecule has 2 aromatic heterocycles. The predicted molar refractivity (Wildman–Crippen MR) is 172 cm³/mol. The van der Waals surface area contributed by atoms with Crippen molar-refractivity contribution in [2.75, 3.05) is 35.9 Å². The molecule has 3 aliphatic heterocycles. The van der Waals surface area contributed by atoms with Crippen molar-refractivity contribution in [3.05, 3.63) is 120 Å². The summed E-state index contributed by atoms with van der Waals surface area (Å²) in [5.74, 6) is 0.707. The first-order chi connectivity index (χ1) is 21.4. The van der Waals surface area contributed by atoms with Crippen LogP contribution in [0.1, 0.15) is 17.5 Å². The molecular formula is C34H30ClN5O3S. The molecule has 5 heterocycles. The molecule has 0 radical (unpaired) electrons. The first kappa shape index (κ1) is 27.4. The lowest BCUT2D eigenvalue weighted by Crippen LogP contribution is -2.58. The van der Waals surface area contributed by atoms with E-state index in [9.17, 15) is 8.42 Å². The molecule has 3 aliphatic rings. The largest absolute Gasteiger partial charge is 0.496 e. The molecule has 8 nitrogen and oxygen atoms in total. The second-order valence-corrected chi connectivity index (χ2v) is 13.9. The maximum absolute atomic E-state index is 14.8. The van der Waals surface area contributed by atoms with E-state index in [-0.39, 0.29) is 23.5 Å². The maximum atomic E-state index is 14.8. The van der Waals surface area contributed by atoms with Crippen molar-refractivity contribution in [3.8, 4) is 5.75 Å². The minimum atomic E-state index is -4.04. The number of benzene rings is 3. The molecule has 0 N–H and O–H groups in total. The van der Waals surface area contributed by atoms with Crippen LogP contribution in [0.15, 0.2) is 108 Å². The Balaban J connectivity index is 1.31. The standard InChI is InChI=1S/C34H30ClN5O3S/c1-43-31-9-3-2-8-28(31)34(39-21-26-19-27(39)20-38(26)25-13-16-36-17-14-25)22-40(30-12-11-24(35)18-29(30)34)44(41,42)32-10-4-6-23-7-5-15-37-33(23)32/h2-18,26-27H,19-22H2,1H3/t26-,27-,34?/m0/s1. The lowest BCUT2D eigenvalue weighted by atomic mass is 9.81. The number of anilines is 2. The molecule has 0 amide bonds. The fourth-order valence-corrected chi connectivity index (χ4v) is 9.51. The Labute approximate surface area is 261 Å². The van der Waals surface area contributed by atoms with Crippen LogP contribution in [0.5, 0.6) is 5.75 Å². The average molecular weight is 624 g/mol. The van der Waals surface area contributed by atoms with Gasteiger partial charge in [-0.3, -0.25) is 19.2 Å².